The molecule has 0 saturated heterocycles. The molecule has 0 bridgehead atoms. The Bertz CT molecular complexity index is 1100. The van der Waals surface area contributed by atoms with Gasteiger partial charge >= 0.3 is 0 Å². The van der Waals surface area contributed by atoms with Gasteiger partial charge in [-0.2, -0.15) is 0 Å². The van der Waals surface area contributed by atoms with Crippen LogP contribution in [-0.4, -0.2) is 9.55 Å². The first-order valence-electron chi connectivity index (χ1n) is 7.90. The SMILES string of the molecule is c1ccc(-c2cc(-n3c4ccccc4c4ccccc43)cs2)nc1. The summed E-state index contributed by atoms with van der Waals surface area (Å²) in [6.07, 6.45) is 1.84. The van der Waals surface area contributed by atoms with Crippen molar-refractivity contribution in [1.82, 2.24) is 9.55 Å². The van der Waals surface area contributed by atoms with E-state index in [4.69, 9.17) is 0 Å². The summed E-state index contributed by atoms with van der Waals surface area (Å²) in [6, 6.07) is 25.4. The zero-order valence-corrected chi connectivity index (χ0v) is 13.7. The lowest BCUT2D eigenvalue weighted by Crippen LogP contribution is -1.90. The third-order valence-electron chi connectivity index (χ3n) is 4.34. The quantitative estimate of drug-likeness (QED) is 0.394. The molecule has 3 aromatic heterocycles. The first kappa shape index (κ1) is 13.5. The summed E-state index contributed by atoms with van der Waals surface area (Å²) in [5, 5.41) is 4.79. The fraction of sp³-hybridized carbons (Fsp3) is 0. The fourth-order valence-corrected chi connectivity index (χ4v) is 4.14. The van der Waals surface area contributed by atoms with Crippen molar-refractivity contribution >= 4 is 33.1 Å². The Kier molecular flexibility index (Phi) is 3.00. The van der Waals surface area contributed by atoms with Crippen LogP contribution in [0.4, 0.5) is 0 Å². The minimum Gasteiger partial charge on any atom is -0.308 e. The Morgan fingerprint density at radius 3 is 2.08 bits per heavy atom. The molecule has 0 radical (unpaired) electrons. The molecule has 0 unspecified atom stereocenters. The van der Waals surface area contributed by atoms with Gasteiger partial charge in [0.25, 0.3) is 0 Å². The van der Waals surface area contributed by atoms with E-state index in [1.54, 1.807) is 11.3 Å². The number of rotatable bonds is 2. The van der Waals surface area contributed by atoms with Crippen LogP contribution in [0.2, 0.25) is 0 Å². The van der Waals surface area contributed by atoms with Crippen LogP contribution >= 0.6 is 11.3 Å². The topological polar surface area (TPSA) is 17.8 Å². The van der Waals surface area contributed by atoms with Crippen molar-refractivity contribution in [3.05, 3.63) is 84.4 Å². The normalized spacial score (nSPS) is 11.3. The van der Waals surface area contributed by atoms with Crippen LogP contribution in [0.25, 0.3) is 38.1 Å². The summed E-state index contributed by atoms with van der Waals surface area (Å²) in [6.45, 7) is 0. The van der Waals surface area contributed by atoms with E-state index in [1.165, 1.54) is 32.4 Å². The number of aromatic nitrogens is 2. The van der Waals surface area contributed by atoms with Crippen LogP contribution in [0, 0.1) is 0 Å². The molecule has 5 aromatic rings. The van der Waals surface area contributed by atoms with Gasteiger partial charge < -0.3 is 4.57 Å². The van der Waals surface area contributed by atoms with E-state index >= 15 is 0 Å². The predicted octanol–water partition coefficient (Wildman–Crippen LogP) is 5.91. The van der Waals surface area contributed by atoms with E-state index in [0.29, 0.717) is 0 Å². The second kappa shape index (κ2) is 5.32. The van der Waals surface area contributed by atoms with Crippen molar-refractivity contribution in [3.8, 4) is 16.3 Å². The molecule has 0 N–H and O–H groups in total. The molecule has 0 fully saturated rings. The maximum atomic E-state index is 4.47. The van der Waals surface area contributed by atoms with Gasteiger partial charge in [-0.3, -0.25) is 4.98 Å². The van der Waals surface area contributed by atoms with Gasteiger partial charge in [0.2, 0.25) is 0 Å². The molecule has 0 atom stereocenters. The summed E-state index contributed by atoms with van der Waals surface area (Å²) in [5.41, 5.74) is 4.70. The van der Waals surface area contributed by atoms with Crippen molar-refractivity contribution in [2.75, 3.05) is 0 Å². The fourth-order valence-electron chi connectivity index (χ4n) is 3.29. The molecule has 0 amide bonds. The molecule has 24 heavy (non-hydrogen) atoms. The van der Waals surface area contributed by atoms with Crippen LogP contribution in [-0.2, 0) is 0 Å². The summed E-state index contributed by atoms with van der Waals surface area (Å²) in [7, 11) is 0. The number of pyridine rings is 1. The lowest BCUT2D eigenvalue weighted by atomic mass is 10.2. The van der Waals surface area contributed by atoms with Crippen LogP contribution in [0.1, 0.15) is 0 Å². The van der Waals surface area contributed by atoms with E-state index in [-0.39, 0.29) is 0 Å². The number of fused-ring (bicyclic) bond motifs is 3. The van der Waals surface area contributed by atoms with Gasteiger partial charge in [0.05, 0.1) is 27.3 Å². The van der Waals surface area contributed by atoms with Gasteiger partial charge in [-0.1, -0.05) is 42.5 Å². The zero-order chi connectivity index (χ0) is 15.9. The van der Waals surface area contributed by atoms with Crippen molar-refractivity contribution in [3.63, 3.8) is 0 Å². The highest BCUT2D eigenvalue weighted by Gasteiger charge is 2.13. The molecular weight excluding hydrogens is 312 g/mol. The van der Waals surface area contributed by atoms with Gasteiger partial charge in [0, 0.05) is 22.3 Å². The Morgan fingerprint density at radius 2 is 1.42 bits per heavy atom. The highest BCUT2D eigenvalue weighted by atomic mass is 32.1. The first-order valence-corrected chi connectivity index (χ1v) is 8.78. The maximum absolute atomic E-state index is 4.47. The van der Waals surface area contributed by atoms with E-state index in [9.17, 15) is 0 Å². The number of hydrogen-bond acceptors (Lipinski definition) is 2. The van der Waals surface area contributed by atoms with E-state index < -0.39 is 0 Å². The average molecular weight is 326 g/mol. The van der Waals surface area contributed by atoms with Gasteiger partial charge in [0.1, 0.15) is 0 Å². The van der Waals surface area contributed by atoms with Gasteiger partial charge in [-0.25, -0.2) is 0 Å². The summed E-state index contributed by atoms with van der Waals surface area (Å²) < 4.78 is 2.34. The maximum Gasteiger partial charge on any atom is 0.0802 e. The molecule has 0 aliphatic rings. The van der Waals surface area contributed by atoms with Crippen molar-refractivity contribution in [2.24, 2.45) is 0 Å². The number of hydrogen-bond donors (Lipinski definition) is 0. The molecule has 5 rings (SSSR count). The smallest absolute Gasteiger partial charge is 0.0802 e. The van der Waals surface area contributed by atoms with Gasteiger partial charge in [-0.05, 0) is 30.3 Å². The minimum atomic E-state index is 1.02. The molecule has 0 saturated carbocycles. The number of benzene rings is 2. The van der Waals surface area contributed by atoms with Gasteiger partial charge in [-0.15, -0.1) is 11.3 Å². The number of thiophene rings is 1. The van der Waals surface area contributed by atoms with Crippen LogP contribution in [0.3, 0.4) is 0 Å². The Balaban J connectivity index is 1.79. The zero-order valence-electron chi connectivity index (χ0n) is 12.9. The monoisotopic (exact) mass is 326 g/mol. The third-order valence-corrected chi connectivity index (χ3v) is 5.28. The van der Waals surface area contributed by atoms with Crippen LogP contribution < -0.4 is 0 Å². The molecule has 0 aliphatic heterocycles. The molecule has 2 aromatic carbocycles. The lowest BCUT2D eigenvalue weighted by molar-refractivity contribution is 1.19. The van der Waals surface area contributed by atoms with E-state index in [0.717, 1.165) is 5.69 Å². The van der Waals surface area contributed by atoms with Crippen molar-refractivity contribution in [2.45, 2.75) is 0 Å². The van der Waals surface area contributed by atoms with Gasteiger partial charge in [0.15, 0.2) is 0 Å². The van der Waals surface area contributed by atoms with E-state index in [2.05, 4.69) is 75.6 Å². The Labute approximate surface area is 143 Å². The molecule has 2 nitrogen and oxygen atoms in total. The Morgan fingerprint density at radius 1 is 0.750 bits per heavy atom. The summed E-state index contributed by atoms with van der Waals surface area (Å²) in [5.74, 6) is 0. The first-order chi connectivity index (χ1) is 11.9. The molecule has 0 aliphatic carbocycles. The second-order valence-electron chi connectivity index (χ2n) is 5.75. The molecule has 3 heterocycles. The molecule has 0 spiro atoms. The lowest BCUT2D eigenvalue weighted by Gasteiger charge is -2.04. The molecular formula is C21H14N2S. The van der Waals surface area contributed by atoms with Crippen LogP contribution in [0.15, 0.2) is 84.4 Å². The van der Waals surface area contributed by atoms with Crippen molar-refractivity contribution < 1.29 is 0 Å². The Hall–Kier alpha value is -2.91. The summed E-state index contributed by atoms with van der Waals surface area (Å²) >= 11 is 1.73. The number of para-hydroxylation sites is 2. The average Bonchev–Trinajstić information content (AvgIpc) is 3.25. The predicted molar refractivity (Wildman–Crippen MR) is 102 cm³/mol. The largest absolute Gasteiger partial charge is 0.308 e. The number of nitrogens with zero attached hydrogens (tertiary/aromatic N) is 2. The second-order valence-corrected chi connectivity index (χ2v) is 6.67. The van der Waals surface area contributed by atoms with Crippen molar-refractivity contribution in [1.29, 1.82) is 0 Å². The summed E-state index contributed by atoms with van der Waals surface area (Å²) in [4.78, 5) is 5.66. The van der Waals surface area contributed by atoms with E-state index in [1.807, 2.05) is 18.3 Å². The third kappa shape index (κ3) is 1.99. The van der Waals surface area contributed by atoms with Crippen LogP contribution in [0.5, 0.6) is 0 Å². The molecule has 3 heteroatoms. The highest BCUT2D eigenvalue weighted by molar-refractivity contribution is 7.13. The standard InChI is InChI=1S/C21H14N2S/c1-3-10-19-16(7-1)17-8-2-4-11-20(17)23(19)15-13-21(24-14-15)18-9-5-6-12-22-18/h1-14H. The highest BCUT2D eigenvalue weighted by Crippen LogP contribution is 2.35. The minimum absolute atomic E-state index is 1.02. The molecule has 114 valence electrons.